The lowest BCUT2D eigenvalue weighted by Crippen LogP contribution is -2.38. The van der Waals surface area contributed by atoms with Crippen LogP contribution in [0.1, 0.15) is 67.5 Å². The second-order valence-electron chi connectivity index (χ2n) is 7.79. The maximum Gasteiger partial charge on any atom is 0.253 e. The van der Waals surface area contributed by atoms with E-state index in [0.29, 0.717) is 11.6 Å². The zero-order valence-corrected chi connectivity index (χ0v) is 16.1. The molecule has 0 aromatic carbocycles. The number of hydrogen-bond donors (Lipinski definition) is 1. The molecule has 0 atom stereocenters. The van der Waals surface area contributed by atoms with Crippen LogP contribution in [-0.2, 0) is 0 Å². The topological polar surface area (TPSA) is 77.6 Å². The first-order valence-corrected chi connectivity index (χ1v) is 9.65. The highest BCUT2D eigenvalue weighted by atomic mass is 16.1. The Morgan fingerprint density at radius 3 is 2.63 bits per heavy atom. The molecule has 4 rings (SSSR count). The fourth-order valence-electron chi connectivity index (χ4n) is 3.81. The largest absolute Gasteiger partial charge is 0.349 e. The van der Waals surface area contributed by atoms with Gasteiger partial charge < -0.3 is 9.88 Å². The smallest absolute Gasteiger partial charge is 0.253 e. The number of nitrogens with zero attached hydrogens (tertiary/aromatic N) is 5. The lowest BCUT2D eigenvalue weighted by Gasteiger charge is -2.29. The van der Waals surface area contributed by atoms with Crippen LogP contribution in [-0.4, -0.2) is 36.3 Å². The molecule has 0 aliphatic heterocycles. The average molecular weight is 366 g/mol. The first-order valence-electron chi connectivity index (χ1n) is 9.65. The van der Waals surface area contributed by atoms with E-state index in [1.165, 1.54) is 5.56 Å². The molecule has 1 fully saturated rings. The van der Waals surface area contributed by atoms with Crippen molar-refractivity contribution < 1.29 is 4.79 Å². The lowest BCUT2D eigenvalue weighted by atomic mass is 9.91. The van der Waals surface area contributed by atoms with Crippen molar-refractivity contribution in [2.24, 2.45) is 0 Å². The van der Waals surface area contributed by atoms with Crippen LogP contribution in [0.5, 0.6) is 0 Å². The molecule has 0 radical (unpaired) electrons. The van der Waals surface area contributed by atoms with Crippen LogP contribution in [0.15, 0.2) is 31.0 Å². The molecule has 27 heavy (non-hydrogen) atoms. The fourth-order valence-corrected chi connectivity index (χ4v) is 3.81. The number of hydrogen-bond acceptors (Lipinski definition) is 4. The van der Waals surface area contributed by atoms with E-state index in [0.717, 1.165) is 36.8 Å². The second kappa shape index (κ2) is 7.13. The van der Waals surface area contributed by atoms with Crippen LogP contribution < -0.4 is 5.32 Å². The van der Waals surface area contributed by atoms with Gasteiger partial charge in [0.05, 0.1) is 24.1 Å². The third-order valence-corrected chi connectivity index (χ3v) is 5.37. The first-order chi connectivity index (χ1) is 13.0. The number of pyridine rings is 1. The molecule has 0 saturated heterocycles. The van der Waals surface area contributed by atoms with E-state index >= 15 is 0 Å². The molecule has 0 bridgehead atoms. The van der Waals surface area contributed by atoms with Gasteiger partial charge in [-0.3, -0.25) is 9.48 Å². The van der Waals surface area contributed by atoms with Crippen LogP contribution in [0.4, 0.5) is 0 Å². The minimum atomic E-state index is -0.0677. The van der Waals surface area contributed by atoms with Gasteiger partial charge in [0.15, 0.2) is 5.65 Å². The zero-order chi connectivity index (χ0) is 19.0. The molecule has 3 aromatic heterocycles. The van der Waals surface area contributed by atoms with Gasteiger partial charge in [-0.05, 0) is 58.1 Å². The van der Waals surface area contributed by atoms with Gasteiger partial charge in [0.1, 0.15) is 5.52 Å². The summed E-state index contributed by atoms with van der Waals surface area (Å²) in [6, 6.07) is 2.75. The summed E-state index contributed by atoms with van der Waals surface area (Å²) >= 11 is 0. The number of nitrogens with one attached hydrogen (secondary N) is 1. The molecule has 3 aromatic rings. The van der Waals surface area contributed by atoms with Crippen LogP contribution in [0.2, 0.25) is 0 Å². The molecule has 1 aliphatic rings. The lowest BCUT2D eigenvalue weighted by molar-refractivity contribution is 0.0921. The quantitative estimate of drug-likeness (QED) is 0.767. The van der Waals surface area contributed by atoms with E-state index in [1.54, 1.807) is 12.5 Å². The minimum absolute atomic E-state index is 0.0677. The average Bonchev–Trinajstić information content (AvgIpc) is 3.28. The highest BCUT2D eigenvalue weighted by molar-refractivity contribution is 5.96. The molecular weight excluding hydrogens is 340 g/mol. The van der Waals surface area contributed by atoms with Gasteiger partial charge in [0.25, 0.3) is 5.91 Å². The minimum Gasteiger partial charge on any atom is -0.349 e. The maximum absolute atomic E-state index is 12.6. The maximum atomic E-state index is 12.6. The number of carbonyl (C=O) groups excluding carboxylic acids is 1. The van der Waals surface area contributed by atoms with Gasteiger partial charge in [0.2, 0.25) is 0 Å². The number of imidazole rings is 1. The van der Waals surface area contributed by atoms with Crippen molar-refractivity contribution in [2.45, 2.75) is 64.6 Å². The van der Waals surface area contributed by atoms with Crippen LogP contribution in [0.3, 0.4) is 0 Å². The molecule has 1 aliphatic carbocycles. The van der Waals surface area contributed by atoms with Crippen molar-refractivity contribution in [2.75, 3.05) is 0 Å². The molecule has 0 spiro atoms. The fraction of sp³-hybridized carbons (Fsp3) is 0.500. The number of carbonyl (C=O) groups is 1. The summed E-state index contributed by atoms with van der Waals surface area (Å²) < 4.78 is 4.07. The Kier molecular flexibility index (Phi) is 4.68. The van der Waals surface area contributed by atoms with Crippen LogP contribution in [0.25, 0.3) is 11.2 Å². The summed E-state index contributed by atoms with van der Waals surface area (Å²) in [6.45, 7) is 6.24. The second-order valence-corrected chi connectivity index (χ2v) is 7.79. The van der Waals surface area contributed by atoms with Gasteiger partial charge >= 0.3 is 0 Å². The van der Waals surface area contributed by atoms with Crippen LogP contribution in [0, 0.1) is 6.92 Å². The number of fused-ring (bicyclic) bond motifs is 1. The molecule has 7 heteroatoms. The number of aromatic nitrogens is 5. The van der Waals surface area contributed by atoms with Gasteiger partial charge in [-0.15, -0.1) is 0 Å². The summed E-state index contributed by atoms with van der Waals surface area (Å²) in [7, 11) is 0. The van der Waals surface area contributed by atoms with Crippen molar-refractivity contribution in [1.29, 1.82) is 0 Å². The predicted molar refractivity (Wildman–Crippen MR) is 104 cm³/mol. The molecule has 1 amide bonds. The van der Waals surface area contributed by atoms with E-state index in [-0.39, 0.29) is 18.0 Å². The van der Waals surface area contributed by atoms with E-state index in [2.05, 4.69) is 52.0 Å². The van der Waals surface area contributed by atoms with Gasteiger partial charge in [-0.1, -0.05) is 0 Å². The van der Waals surface area contributed by atoms with Crippen LogP contribution >= 0.6 is 0 Å². The summed E-state index contributed by atoms with van der Waals surface area (Å²) in [4.78, 5) is 21.5. The molecule has 0 unspecified atom stereocenters. The Balaban J connectivity index is 1.39. The SMILES string of the molecule is Cc1cnn(C2CCC(NC(=O)c3cnc4c(c3)ncn4C(C)C)CC2)c1. The zero-order valence-electron chi connectivity index (χ0n) is 16.1. The Morgan fingerprint density at radius 1 is 1.19 bits per heavy atom. The Bertz CT molecular complexity index is 948. The summed E-state index contributed by atoms with van der Waals surface area (Å²) in [5.41, 5.74) is 3.33. The summed E-state index contributed by atoms with van der Waals surface area (Å²) in [5.74, 6) is -0.0677. The third kappa shape index (κ3) is 3.59. The number of aryl methyl sites for hydroxylation is 1. The normalized spacial score (nSPS) is 20.3. The van der Waals surface area contributed by atoms with Crippen molar-refractivity contribution in [3.8, 4) is 0 Å². The van der Waals surface area contributed by atoms with Crippen molar-refractivity contribution >= 4 is 17.1 Å². The molecule has 3 heterocycles. The highest BCUT2D eigenvalue weighted by Gasteiger charge is 2.24. The van der Waals surface area contributed by atoms with E-state index in [9.17, 15) is 4.79 Å². The first kappa shape index (κ1) is 17.7. The van der Waals surface area contributed by atoms with Crippen molar-refractivity contribution in [1.82, 2.24) is 29.6 Å². The van der Waals surface area contributed by atoms with E-state index in [1.807, 2.05) is 16.8 Å². The standard InChI is InChI=1S/C20H26N6O/c1-13(2)25-12-22-18-8-15(10-21-19(18)25)20(27)24-16-4-6-17(7-5-16)26-11-14(3)9-23-26/h8-13,16-17H,4-7H2,1-3H3,(H,24,27). The van der Waals surface area contributed by atoms with Gasteiger partial charge in [-0.25, -0.2) is 9.97 Å². The number of rotatable bonds is 4. The van der Waals surface area contributed by atoms with Gasteiger partial charge in [0, 0.05) is 24.5 Å². The molecule has 142 valence electrons. The predicted octanol–water partition coefficient (Wildman–Crippen LogP) is 3.43. The third-order valence-electron chi connectivity index (χ3n) is 5.37. The monoisotopic (exact) mass is 366 g/mol. The number of amides is 1. The summed E-state index contributed by atoms with van der Waals surface area (Å²) in [5, 5.41) is 7.59. The highest BCUT2D eigenvalue weighted by Crippen LogP contribution is 2.28. The Hall–Kier alpha value is -2.70. The van der Waals surface area contributed by atoms with Crippen molar-refractivity contribution in [3.05, 3.63) is 42.1 Å². The molecule has 1 saturated carbocycles. The molecule has 7 nitrogen and oxygen atoms in total. The Labute approximate surface area is 158 Å². The van der Waals surface area contributed by atoms with E-state index in [4.69, 9.17) is 0 Å². The Morgan fingerprint density at radius 2 is 1.96 bits per heavy atom. The van der Waals surface area contributed by atoms with Gasteiger partial charge in [-0.2, -0.15) is 5.10 Å². The van der Waals surface area contributed by atoms with Crippen molar-refractivity contribution in [3.63, 3.8) is 0 Å². The molecule has 1 N–H and O–H groups in total. The molecular formula is C20H26N6O. The summed E-state index contributed by atoms with van der Waals surface area (Å²) in [6.07, 6.45) is 11.4. The van der Waals surface area contributed by atoms with E-state index < -0.39 is 0 Å².